The number of aromatic nitrogens is 3. The van der Waals surface area contributed by atoms with Crippen molar-refractivity contribution in [1.82, 2.24) is 19.9 Å². The van der Waals surface area contributed by atoms with E-state index in [1.54, 1.807) is 11.3 Å². The van der Waals surface area contributed by atoms with Gasteiger partial charge in [-0.3, -0.25) is 0 Å². The first kappa shape index (κ1) is 27.5. The molecule has 0 aliphatic rings. The number of H-pyrrole nitrogens is 1. The molecule has 0 saturated heterocycles. The fraction of sp³-hybridized carbons (Fsp3) is 0.536. The van der Waals surface area contributed by atoms with Crippen LogP contribution >= 0.6 is 23.6 Å². The largest absolute Gasteiger partial charge is 0.356 e. The lowest BCUT2D eigenvalue weighted by atomic mass is 10.0. The molecule has 0 spiro atoms. The van der Waals surface area contributed by atoms with E-state index >= 15 is 0 Å². The Morgan fingerprint density at radius 3 is 2.57 bits per heavy atom. The normalized spacial score (nSPS) is 12.3. The lowest BCUT2D eigenvalue weighted by molar-refractivity contribution is 0.312. The molecule has 35 heavy (non-hydrogen) atoms. The second-order valence-corrected chi connectivity index (χ2v) is 11.1. The van der Waals surface area contributed by atoms with E-state index in [9.17, 15) is 0 Å². The predicted molar refractivity (Wildman–Crippen MR) is 152 cm³/mol. The summed E-state index contributed by atoms with van der Waals surface area (Å²) >= 11 is 7.50. The van der Waals surface area contributed by atoms with Crippen molar-refractivity contribution in [2.24, 2.45) is 0 Å². The van der Waals surface area contributed by atoms with Crippen LogP contribution in [-0.4, -0.2) is 46.5 Å². The topological polar surface area (TPSA) is 56.8 Å². The number of benzene rings is 1. The SMILES string of the molecule is CCCc1[nH]c(NCCCCCc2csc(CC(C)N(C)C)n2)nc(=S)c1Cc1ccc(C)cc1. The predicted octanol–water partition coefficient (Wildman–Crippen LogP) is 6.76. The summed E-state index contributed by atoms with van der Waals surface area (Å²) in [6.07, 6.45) is 8.39. The van der Waals surface area contributed by atoms with Gasteiger partial charge in [0.1, 0.15) is 4.64 Å². The highest BCUT2D eigenvalue weighted by atomic mass is 32.1. The first-order valence-corrected chi connectivity index (χ1v) is 14.2. The van der Waals surface area contributed by atoms with Gasteiger partial charge in [-0.05, 0) is 59.2 Å². The maximum Gasteiger partial charge on any atom is 0.201 e. The molecule has 2 aromatic heterocycles. The second-order valence-electron chi connectivity index (χ2n) is 9.75. The van der Waals surface area contributed by atoms with Crippen molar-refractivity contribution in [2.75, 3.05) is 26.0 Å². The van der Waals surface area contributed by atoms with Crippen LogP contribution in [0.25, 0.3) is 0 Å². The van der Waals surface area contributed by atoms with Crippen LogP contribution in [0, 0.1) is 11.6 Å². The number of hydrogen-bond donors (Lipinski definition) is 2. The molecule has 0 aliphatic heterocycles. The summed E-state index contributed by atoms with van der Waals surface area (Å²) in [5.41, 5.74) is 6.14. The number of nitrogens with zero attached hydrogens (tertiary/aromatic N) is 3. The molecule has 7 heteroatoms. The van der Waals surface area contributed by atoms with Crippen LogP contribution in [-0.2, 0) is 25.7 Å². The fourth-order valence-electron chi connectivity index (χ4n) is 3.99. The van der Waals surface area contributed by atoms with Crippen molar-refractivity contribution in [3.63, 3.8) is 0 Å². The average Bonchev–Trinajstić information content (AvgIpc) is 3.27. The van der Waals surface area contributed by atoms with Gasteiger partial charge in [0.2, 0.25) is 5.95 Å². The highest BCUT2D eigenvalue weighted by Gasteiger charge is 2.11. The minimum Gasteiger partial charge on any atom is -0.356 e. The van der Waals surface area contributed by atoms with E-state index in [1.807, 2.05) is 0 Å². The molecule has 2 heterocycles. The number of nitrogens with one attached hydrogen (secondary N) is 2. The molecule has 0 fully saturated rings. The lowest BCUT2D eigenvalue weighted by Gasteiger charge is -2.17. The van der Waals surface area contributed by atoms with Crippen LogP contribution in [0.3, 0.4) is 0 Å². The second kappa shape index (κ2) is 13.9. The van der Waals surface area contributed by atoms with Crippen LogP contribution in [0.5, 0.6) is 0 Å². The third-order valence-corrected chi connectivity index (χ3v) is 7.72. The van der Waals surface area contributed by atoms with Gasteiger partial charge in [0.25, 0.3) is 0 Å². The third kappa shape index (κ3) is 8.81. The van der Waals surface area contributed by atoms with Gasteiger partial charge in [-0.2, -0.15) is 0 Å². The van der Waals surface area contributed by atoms with Crippen LogP contribution in [0.1, 0.15) is 72.6 Å². The van der Waals surface area contributed by atoms with Gasteiger partial charge < -0.3 is 15.2 Å². The van der Waals surface area contributed by atoms with E-state index in [0.717, 1.165) is 63.0 Å². The fourth-order valence-corrected chi connectivity index (χ4v) is 5.23. The van der Waals surface area contributed by atoms with Gasteiger partial charge in [0, 0.05) is 42.1 Å². The summed E-state index contributed by atoms with van der Waals surface area (Å²) in [5, 5.41) is 6.94. The molecule has 0 radical (unpaired) electrons. The Kier molecular flexibility index (Phi) is 10.9. The summed E-state index contributed by atoms with van der Waals surface area (Å²) in [6.45, 7) is 7.46. The zero-order chi connectivity index (χ0) is 25.2. The van der Waals surface area contributed by atoms with Gasteiger partial charge in [0.15, 0.2) is 0 Å². The summed E-state index contributed by atoms with van der Waals surface area (Å²) in [6, 6.07) is 9.20. The average molecular weight is 512 g/mol. The standard InChI is InChI=1S/C28H41N5S2/c1-6-10-25-24(18-22-14-12-20(2)13-15-22)27(34)32-28(31-25)29-16-9-7-8-11-23-19-35-26(30-23)17-21(3)33(4)5/h12-15,19,21H,6-11,16-18H2,1-5H3,(H2,29,31,32,34). The lowest BCUT2D eigenvalue weighted by Crippen LogP contribution is -2.26. The summed E-state index contributed by atoms with van der Waals surface area (Å²) in [4.78, 5) is 15.3. The van der Waals surface area contributed by atoms with Crippen molar-refractivity contribution in [1.29, 1.82) is 0 Å². The Labute approximate surface area is 220 Å². The van der Waals surface area contributed by atoms with Crippen LogP contribution < -0.4 is 5.32 Å². The van der Waals surface area contributed by atoms with E-state index in [1.165, 1.54) is 33.9 Å². The quantitative estimate of drug-likeness (QED) is 0.185. The Hall–Kier alpha value is -2.09. The van der Waals surface area contributed by atoms with E-state index in [0.29, 0.717) is 10.7 Å². The number of unbranched alkanes of at least 4 members (excludes halogenated alkanes) is 2. The molecular formula is C28H41N5S2. The molecule has 1 aromatic carbocycles. The monoisotopic (exact) mass is 511 g/mol. The van der Waals surface area contributed by atoms with Gasteiger partial charge in [-0.1, -0.05) is 61.8 Å². The smallest absolute Gasteiger partial charge is 0.201 e. The van der Waals surface area contributed by atoms with Crippen molar-refractivity contribution in [3.05, 3.63) is 67.4 Å². The Bertz CT molecular complexity index is 1100. The third-order valence-electron chi connectivity index (χ3n) is 6.46. The van der Waals surface area contributed by atoms with Crippen molar-refractivity contribution < 1.29 is 0 Å². The highest BCUT2D eigenvalue weighted by Crippen LogP contribution is 2.19. The summed E-state index contributed by atoms with van der Waals surface area (Å²) in [7, 11) is 4.25. The van der Waals surface area contributed by atoms with E-state index < -0.39 is 0 Å². The molecule has 3 aromatic rings. The number of aryl methyl sites for hydroxylation is 3. The molecule has 5 nitrogen and oxygen atoms in total. The van der Waals surface area contributed by atoms with Gasteiger partial charge in [-0.15, -0.1) is 11.3 Å². The number of likely N-dealkylation sites (N-methyl/N-ethyl adjacent to an activating group) is 1. The Morgan fingerprint density at radius 2 is 1.86 bits per heavy atom. The molecule has 0 saturated carbocycles. The number of hydrogen-bond acceptors (Lipinski definition) is 6. The minimum absolute atomic E-state index is 0.524. The zero-order valence-electron chi connectivity index (χ0n) is 22.0. The summed E-state index contributed by atoms with van der Waals surface area (Å²) < 4.78 is 0.707. The number of anilines is 1. The Morgan fingerprint density at radius 1 is 1.09 bits per heavy atom. The van der Waals surface area contributed by atoms with Gasteiger partial charge in [0.05, 0.1) is 10.7 Å². The molecule has 0 bridgehead atoms. The first-order chi connectivity index (χ1) is 16.9. The Balaban J connectivity index is 1.46. The molecule has 3 rings (SSSR count). The van der Waals surface area contributed by atoms with Crippen LogP contribution in [0.2, 0.25) is 0 Å². The minimum atomic E-state index is 0.524. The number of thiazole rings is 1. The van der Waals surface area contributed by atoms with Crippen molar-refractivity contribution in [2.45, 2.75) is 78.2 Å². The van der Waals surface area contributed by atoms with Crippen LogP contribution in [0.15, 0.2) is 29.6 Å². The van der Waals surface area contributed by atoms with Gasteiger partial charge in [-0.25, -0.2) is 9.97 Å². The van der Waals surface area contributed by atoms with Crippen LogP contribution in [0.4, 0.5) is 5.95 Å². The van der Waals surface area contributed by atoms with E-state index in [4.69, 9.17) is 17.2 Å². The molecule has 190 valence electrons. The van der Waals surface area contributed by atoms with Crippen molar-refractivity contribution >= 4 is 29.5 Å². The summed E-state index contributed by atoms with van der Waals surface area (Å²) in [5.74, 6) is 0.797. The highest BCUT2D eigenvalue weighted by molar-refractivity contribution is 7.71. The van der Waals surface area contributed by atoms with Gasteiger partial charge >= 0.3 is 0 Å². The molecular weight excluding hydrogens is 470 g/mol. The molecule has 2 N–H and O–H groups in total. The number of rotatable bonds is 14. The maximum absolute atomic E-state index is 5.70. The number of aromatic amines is 1. The molecule has 1 unspecified atom stereocenters. The zero-order valence-corrected chi connectivity index (χ0v) is 23.6. The van der Waals surface area contributed by atoms with Crippen molar-refractivity contribution in [3.8, 4) is 0 Å². The molecule has 1 atom stereocenters. The first-order valence-electron chi connectivity index (χ1n) is 12.9. The molecule has 0 aliphatic carbocycles. The van der Waals surface area contributed by atoms with E-state index in [2.05, 4.69) is 84.7 Å². The maximum atomic E-state index is 5.70. The van der Waals surface area contributed by atoms with E-state index in [-0.39, 0.29) is 0 Å². The molecule has 0 amide bonds.